The Balaban J connectivity index is 1.81. The fourth-order valence-corrected chi connectivity index (χ4v) is 3.21. The van der Waals surface area contributed by atoms with Gasteiger partial charge in [0.15, 0.2) is 0 Å². The van der Waals surface area contributed by atoms with Crippen LogP contribution in [0.25, 0.3) is 0 Å². The van der Waals surface area contributed by atoms with Crippen LogP contribution in [0.15, 0.2) is 22.7 Å². The molecule has 1 aromatic carbocycles. The molecule has 0 aromatic heterocycles. The molecule has 21 heavy (non-hydrogen) atoms. The number of benzene rings is 1. The summed E-state index contributed by atoms with van der Waals surface area (Å²) in [7, 11) is 0. The minimum atomic E-state index is 0.0271. The van der Waals surface area contributed by atoms with E-state index in [1.54, 1.807) is 0 Å². The number of aryl methyl sites for hydroxylation is 1. The van der Waals surface area contributed by atoms with Gasteiger partial charge in [-0.3, -0.25) is 4.79 Å². The Hall–Kier alpha value is -0.870. The van der Waals surface area contributed by atoms with E-state index in [0.717, 1.165) is 28.7 Å². The molecule has 1 N–H and O–H groups in total. The number of piperidine rings is 1. The molecule has 0 radical (unpaired) electrons. The summed E-state index contributed by atoms with van der Waals surface area (Å²) in [5.41, 5.74) is 1.77. The summed E-state index contributed by atoms with van der Waals surface area (Å²) >= 11 is 3.42. The van der Waals surface area contributed by atoms with E-state index in [0.29, 0.717) is 5.92 Å². The van der Waals surface area contributed by atoms with Gasteiger partial charge in [-0.05, 0) is 56.5 Å². The zero-order valence-corrected chi connectivity index (χ0v) is 14.6. The molecule has 1 aromatic rings. The van der Waals surface area contributed by atoms with Crippen molar-refractivity contribution in [2.45, 2.75) is 33.1 Å². The summed E-state index contributed by atoms with van der Waals surface area (Å²) in [4.78, 5) is 14.8. The van der Waals surface area contributed by atoms with E-state index >= 15 is 0 Å². The third kappa shape index (κ3) is 5.11. The van der Waals surface area contributed by atoms with Crippen LogP contribution in [0.2, 0.25) is 0 Å². The summed E-state index contributed by atoms with van der Waals surface area (Å²) in [5.74, 6) is 0.513. The van der Waals surface area contributed by atoms with Crippen LogP contribution in [0.3, 0.4) is 0 Å². The lowest BCUT2D eigenvalue weighted by atomic mass is 10.1. The number of carbonyl (C=O) groups is 1. The zero-order valence-electron chi connectivity index (χ0n) is 13.0. The minimum Gasteiger partial charge on any atom is -0.352 e. The van der Waals surface area contributed by atoms with E-state index in [2.05, 4.69) is 33.1 Å². The van der Waals surface area contributed by atoms with Gasteiger partial charge < -0.3 is 10.2 Å². The lowest BCUT2D eigenvalue weighted by Gasteiger charge is -2.29. The number of nitrogens with one attached hydrogen (secondary N) is 1. The first-order chi connectivity index (χ1) is 10.1. The summed E-state index contributed by atoms with van der Waals surface area (Å²) in [6.45, 7) is 8.42. The van der Waals surface area contributed by atoms with E-state index in [4.69, 9.17) is 0 Å². The first-order valence-corrected chi connectivity index (χ1v) is 8.62. The van der Waals surface area contributed by atoms with E-state index in [9.17, 15) is 4.79 Å². The van der Waals surface area contributed by atoms with Crippen molar-refractivity contribution in [1.82, 2.24) is 10.2 Å². The number of hydrogen-bond acceptors (Lipinski definition) is 2. The van der Waals surface area contributed by atoms with Gasteiger partial charge in [0.25, 0.3) is 5.91 Å². The van der Waals surface area contributed by atoms with E-state index in [1.807, 2.05) is 25.1 Å². The van der Waals surface area contributed by atoms with Gasteiger partial charge >= 0.3 is 0 Å². The molecule has 2 rings (SSSR count). The van der Waals surface area contributed by atoms with Crippen LogP contribution >= 0.6 is 15.9 Å². The molecule has 1 heterocycles. The quantitative estimate of drug-likeness (QED) is 0.877. The number of rotatable bonds is 5. The topological polar surface area (TPSA) is 32.3 Å². The van der Waals surface area contributed by atoms with Crippen LogP contribution < -0.4 is 5.32 Å². The van der Waals surface area contributed by atoms with Crippen molar-refractivity contribution < 1.29 is 4.79 Å². The molecule has 0 saturated carbocycles. The molecule has 0 aliphatic carbocycles. The molecule has 1 aliphatic rings. The molecule has 1 amide bonds. The molecule has 0 bridgehead atoms. The second-order valence-corrected chi connectivity index (χ2v) is 7.05. The first kappa shape index (κ1) is 16.5. The third-order valence-corrected chi connectivity index (χ3v) is 4.57. The van der Waals surface area contributed by atoms with E-state index in [-0.39, 0.29) is 5.91 Å². The highest BCUT2D eigenvalue weighted by molar-refractivity contribution is 9.10. The highest BCUT2D eigenvalue weighted by Gasteiger charge is 2.15. The van der Waals surface area contributed by atoms with Gasteiger partial charge in [0.1, 0.15) is 0 Å². The predicted octanol–water partition coefficient (Wildman–Crippen LogP) is 3.61. The summed E-state index contributed by atoms with van der Waals surface area (Å²) in [6.07, 6.45) is 4.00. The smallest absolute Gasteiger partial charge is 0.251 e. The first-order valence-electron chi connectivity index (χ1n) is 7.83. The second-order valence-electron chi connectivity index (χ2n) is 6.14. The Morgan fingerprint density at radius 1 is 1.33 bits per heavy atom. The Kier molecular flexibility index (Phi) is 6.24. The molecular formula is C17H25BrN2O. The van der Waals surface area contributed by atoms with Gasteiger partial charge in [0, 0.05) is 23.1 Å². The standard InChI is InChI=1S/C17H25BrN2O/c1-13(12-20-8-4-3-5-9-20)11-19-17(21)16-10-15(18)7-6-14(16)2/h6-7,10,13H,3-5,8-9,11-12H2,1-2H3,(H,19,21). The monoisotopic (exact) mass is 352 g/mol. The van der Waals surface area contributed by atoms with Gasteiger partial charge in [0.2, 0.25) is 0 Å². The lowest BCUT2D eigenvalue weighted by Crippen LogP contribution is -2.38. The molecular weight excluding hydrogens is 328 g/mol. The number of carbonyl (C=O) groups excluding carboxylic acids is 1. The molecule has 1 fully saturated rings. The Bertz CT molecular complexity index is 484. The minimum absolute atomic E-state index is 0.0271. The number of likely N-dealkylation sites (tertiary alicyclic amines) is 1. The number of hydrogen-bond donors (Lipinski definition) is 1. The fraction of sp³-hybridized carbons (Fsp3) is 0.588. The zero-order chi connectivity index (χ0) is 15.2. The van der Waals surface area contributed by atoms with Crippen LogP contribution in [0, 0.1) is 12.8 Å². The molecule has 1 saturated heterocycles. The van der Waals surface area contributed by atoms with Crippen molar-refractivity contribution in [1.29, 1.82) is 0 Å². The average Bonchev–Trinajstić information content (AvgIpc) is 2.48. The molecule has 1 unspecified atom stereocenters. The van der Waals surface area contributed by atoms with Gasteiger partial charge in [0.05, 0.1) is 0 Å². The van der Waals surface area contributed by atoms with Crippen molar-refractivity contribution in [2.75, 3.05) is 26.2 Å². The third-order valence-electron chi connectivity index (χ3n) is 4.07. The van der Waals surface area contributed by atoms with Crippen LogP contribution in [0.4, 0.5) is 0 Å². The summed E-state index contributed by atoms with van der Waals surface area (Å²) in [5, 5.41) is 3.07. The van der Waals surface area contributed by atoms with Crippen LogP contribution in [-0.4, -0.2) is 37.0 Å². The normalized spacial score (nSPS) is 17.5. The van der Waals surface area contributed by atoms with Gasteiger partial charge in [-0.2, -0.15) is 0 Å². The van der Waals surface area contributed by atoms with Crippen molar-refractivity contribution in [3.63, 3.8) is 0 Å². The van der Waals surface area contributed by atoms with Gasteiger partial charge in [-0.1, -0.05) is 35.3 Å². The second kappa shape index (κ2) is 7.95. The van der Waals surface area contributed by atoms with Gasteiger partial charge in [-0.25, -0.2) is 0 Å². The Morgan fingerprint density at radius 3 is 2.76 bits per heavy atom. The predicted molar refractivity (Wildman–Crippen MR) is 90.7 cm³/mol. The molecule has 116 valence electrons. The van der Waals surface area contributed by atoms with Crippen molar-refractivity contribution in [2.24, 2.45) is 5.92 Å². The maximum Gasteiger partial charge on any atom is 0.251 e. The number of halogens is 1. The molecule has 1 atom stereocenters. The van der Waals surface area contributed by atoms with Gasteiger partial charge in [-0.15, -0.1) is 0 Å². The molecule has 4 heteroatoms. The maximum atomic E-state index is 12.3. The highest BCUT2D eigenvalue weighted by Crippen LogP contribution is 2.16. The number of amides is 1. The Labute approximate surface area is 136 Å². The van der Waals surface area contributed by atoms with Crippen molar-refractivity contribution >= 4 is 21.8 Å². The Morgan fingerprint density at radius 2 is 2.05 bits per heavy atom. The molecule has 1 aliphatic heterocycles. The van der Waals surface area contributed by atoms with E-state index in [1.165, 1.54) is 32.4 Å². The number of nitrogens with zero attached hydrogens (tertiary/aromatic N) is 1. The van der Waals surface area contributed by atoms with Crippen molar-refractivity contribution in [3.8, 4) is 0 Å². The molecule has 0 spiro atoms. The SMILES string of the molecule is Cc1ccc(Br)cc1C(=O)NCC(C)CN1CCCCC1. The van der Waals surface area contributed by atoms with Crippen molar-refractivity contribution in [3.05, 3.63) is 33.8 Å². The lowest BCUT2D eigenvalue weighted by molar-refractivity contribution is 0.0942. The average molecular weight is 353 g/mol. The maximum absolute atomic E-state index is 12.3. The summed E-state index contributed by atoms with van der Waals surface area (Å²) in [6, 6.07) is 5.82. The molecule has 3 nitrogen and oxygen atoms in total. The summed E-state index contributed by atoms with van der Waals surface area (Å²) < 4.78 is 0.944. The van der Waals surface area contributed by atoms with Crippen LogP contribution in [0.5, 0.6) is 0 Å². The van der Waals surface area contributed by atoms with Crippen LogP contribution in [0.1, 0.15) is 42.1 Å². The highest BCUT2D eigenvalue weighted by atomic mass is 79.9. The van der Waals surface area contributed by atoms with Crippen LogP contribution in [-0.2, 0) is 0 Å². The fourth-order valence-electron chi connectivity index (χ4n) is 2.85. The van der Waals surface area contributed by atoms with E-state index < -0.39 is 0 Å². The largest absolute Gasteiger partial charge is 0.352 e.